The summed E-state index contributed by atoms with van der Waals surface area (Å²) in [6.07, 6.45) is 2.38. The van der Waals surface area contributed by atoms with E-state index in [1.165, 1.54) is 24.2 Å². The van der Waals surface area contributed by atoms with Crippen LogP contribution in [0.15, 0.2) is 22.4 Å². The fourth-order valence-electron chi connectivity index (χ4n) is 2.73. The largest absolute Gasteiger partial charge is 0.356 e. The van der Waals surface area contributed by atoms with Crippen LogP contribution in [0.2, 0.25) is 0 Å². The Hall–Kier alpha value is -1.71. The normalized spacial score (nSPS) is 14.9. The van der Waals surface area contributed by atoms with E-state index < -0.39 is 10.0 Å². The van der Waals surface area contributed by atoms with Gasteiger partial charge in [-0.3, -0.25) is 0 Å². The molecule has 1 aliphatic heterocycles. The predicted octanol–water partition coefficient (Wildman–Crippen LogP) is 2.15. The standard InChI is InChI=1S/C16H23N5O2S2/c1-12-11-14(21-9-3-4-10-21)20-16(19-12)17-7-8-18-25(22,23)15-6-5-13(2)24-15/h5-6,11,18H,3-4,7-10H2,1-2H3,(H,17,19,20). The molecule has 0 aromatic carbocycles. The minimum atomic E-state index is -3.44. The second kappa shape index (κ2) is 7.67. The molecule has 9 heteroatoms. The second-order valence-electron chi connectivity index (χ2n) is 6.07. The minimum absolute atomic E-state index is 0.273. The molecule has 2 N–H and O–H groups in total. The van der Waals surface area contributed by atoms with Crippen LogP contribution in [-0.4, -0.2) is 44.6 Å². The molecule has 2 aromatic rings. The summed E-state index contributed by atoms with van der Waals surface area (Å²) in [5.41, 5.74) is 0.897. The molecule has 2 aromatic heterocycles. The maximum Gasteiger partial charge on any atom is 0.250 e. The van der Waals surface area contributed by atoms with Gasteiger partial charge in [0.1, 0.15) is 10.0 Å². The van der Waals surface area contributed by atoms with Crippen LogP contribution in [0.1, 0.15) is 23.4 Å². The Morgan fingerprint density at radius 1 is 1.16 bits per heavy atom. The van der Waals surface area contributed by atoms with Crippen LogP contribution >= 0.6 is 11.3 Å². The molecule has 0 atom stereocenters. The third-order valence-corrected chi connectivity index (χ3v) is 6.91. The molecular weight excluding hydrogens is 358 g/mol. The highest BCUT2D eigenvalue weighted by Crippen LogP contribution is 2.21. The minimum Gasteiger partial charge on any atom is -0.356 e. The van der Waals surface area contributed by atoms with Gasteiger partial charge in [-0.1, -0.05) is 0 Å². The van der Waals surface area contributed by atoms with Gasteiger partial charge in [0.05, 0.1) is 0 Å². The summed E-state index contributed by atoms with van der Waals surface area (Å²) in [4.78, 5) is 12.1. The van der Waals surface area contributed by atoms with Crippen molar-refractivity contribution in [2.24, 2.45) is 0 Å². The lowest BCUT2D eigenvalue weighted by Gasteiger charge is -2.17. The molecule has 136 valence electrons. The van der Waals surface area contributed by atoms with E-state index in [1.807, 2.05) is 19.9 Å². The number of anilines is 2. The van der Waals surface area contributed by atoms with E-state index in [2.05, 4.69) is 24.9 Å². The van der Waals surface area contributed by atoms with E-state index in [9.17, 15) is 8.42 Å². The van der Waals surface area contributed by atoms with Crippen molar-refractivity contribution in [2.75, 3.05) is 36.4 Å². The van der Waals surface area contributed by atoms with Crippen molar-refractivity contribution in [2.45, 2.75) is 30.9 Å². The van der Waals surface area contributed by atoms with Gasteiger partial charge >= 0.3 is 0 Å². The smallest absolute Gasteiger partial charge is 0.250 e. The number of sulfonamides is 1. The van der Waals surface area contributed by atoms with Crippen LogP contribution in [0.4, 0.5) is 11.8 Å². The number of nitrogens with zero attached hydrogens (tertiary/aromatic N) is 3. The van der Waals surface area contributed by atoms with E-state index in [1.54, 1.807) is 12.1 Å². The fourth-order valence-corrected chi connectivity index (χ4v) is 5.09. The van der Waals surface area contributed by atoms with Crippen LogP contribution in [0.5, 0.6) is 0 Å². The van der Waals surface area contributed by atoms with Crippen molar-refractivity contribution in [3.8, 4) is 0 Å². The first-order valence-corrected chi connectivity index (χ1v) is 10.6. The Kier molecular flexibility index (Phi) is 5.55. The molecule has 0 amide bonds. The Balaban J connectivity index is 1.55. The molecule has 1 saturated heterocycles. The maximum atomic E-state index is 12.2. The van der Waals surface area contributed by atoms with E-state index in [-0.39, 0.29) is 6.54 Å². The molecule has 1 aliphatic rings. The third-order valence-electron chi connectivity index (χ3n) is 3.95. The third kappa shape index (κ3) is 4.68. The van der Waals surface area contributed by atoms with Gasteiger partial charge in [0.2, 0.25) is 16.0 Å². The molecular formula is C16H23N5O2S2. The zero-order valence-electron chi connectivity index (χ0n) is 14.4. The lowest BCUT2D eigenvalue weighted by atomic mass is 10.4. The Morgan fingerprint density at radius 2 is 1.92 bits per heavy atom. The first kappa shape index (κ1) is 18.1. The van der Waals surface area contributed by atoms with E-state index in [4.69, 9.17) is 0 Å². The van der Waals surface area contributed by atoms with Gasteiger partial charge in [-0.2, -0.15) is 4.98 Å². The fraction of sp³-hybridized carbons (Fsp3) is 0.500. The lowest BCUT2D eigenvalue weighted by Crippen LogP contribution is -2.29. The van der Waals surface area contributed by atoms with E-state index in [0.29, 0.717) is 16.7 Å². The highest BCUT2D eigenvalue weighted by molar-refractivity contribution is 7.91. The zero-order chi connectivity index (χ0) is 17.9. The number of hydrogen-bond donors (Lipinski definition) is 2. The number of aromatic nitrogens is 2. The van der Waals surface area contributed by atoms with Crippen molar-refractivity contribution in [1.29, 1.82) is 0 Å². The molecule has 0 bridgehead atoms. The summed E-state index contributed by atoms with van der Waals surface area (Å²) in [5.74, 6) is 1.47. The van der Waals surface area contributed by atoms with Gasteiger partial charge in [0.15, 0.2) is 0 Å². The SMILES string of the molecule is Cc1cc(N2CCCC2)nc(NCCNS(=O)(=O)c2ccc(C)s2)n1. The molecule has 3 heterocycles. The molecule has 0 unspecified atom stereocenters. The molecule has 0 aliphatic carbocycles. The summed E-state index contributed by atoms with van der Waals surface area (Å²) >= 11 is 1.27. The van der Waals surface area contributed by atoms with Crippen LogP contribution in [0.3, 0.4) is 0 Å². The topological polar surface area (TPSA) is 87.2 Å². The van der Waals surface area contributed by atoms with Crippen molar-refractivity contribution < 1.29 is 8.42 Å². The number of nitrogens with one attached hydrogen (secondary N) is 2. The Labute approximate surface area is 152 Å². The maximum absolute atomic E-state index is 12.2. The number of thiophene rings is 1. The molecule has 0 saturated carbocycles. The molecule has 1 fully saturated rings. The molecule has 25 heavy (non-hydrogen) atoms. The molecule has 7 nitrogen and oxygen atoms in total. The average molecular weight is 382 g/mol. The summed E-state index contributed by atoms with van der Waals surface area (Å²) in [5, 5.41) is 3.11. The number of aryl methyl sites for hydroxylation is 2. The van der Waals surface area contributed by atoms with Crippen LogP contribution in [0, 0.1) is 13.8 Å². The van der Waals surface area contributed by atoms with Crippen LogP contribution < -0.4 is 14.9 Å². The summed E-state index contributed by atoms with van der Waals surface area (Å²) in [6, 6.07) is 5.41. The summed E-state index contributed by atoms with van der Waals surface area (Å²) in [6.45, 7) is 6.57. The van der Waals surface area contributed by atoms with Crippen molar-refractivity contribution in [1.82, 2.24) is 14.7 Å². The Morgan fingerprint density at radius 3 is 2.60 bits per heavy atom. The van der Waals surface area contributed by atoms with E-state index >= 15 is 0 Å². The average Bonchev–Trinajstić information content (AvgIpc) is 3.23. The van der Waals surface area contributed by atoms with Crippen molar-refractivity contribution in [3.63, 3.8) is 0 Å². The van der Waals surface area contributed by atoms with Gasteiger partial charge in [-0.15, -0.1) is 11.3 Å². The molecule has 3 rings (SSSR count). The van der Waals surface area contributed by atoms with Gasteiger partial charge in [-0.05, 0) is 38.8 Å². The predicted molar refractivity (Wildman–Crippen MR) is 101 cm³/mol. The zero-order valence-corrected chi connectivity index (χ0v) is 16.1. The summed E-state index contributed by atoms with van der Waals surface area (Å²) < 4.78 is 27.3. The van der Waals surface area contributed by atoms with Gasteiger partial charge < -0.3 is 10.2 Å². The Bertz CT molecular complexity index is 829. The first-order valence-electron chi connectivity index (χ1n) is 8.35. The second-order valence-corrected chi connectivity index (χ2v) is 9.36. The number of hydrogen-bond acceptors (Lipinski definition) is 7. The van der Waals surface area contributed by atoms with Crippen LogP contribution in [0.25, 0.3) is 0 Å². The van der Waals surface area contributed by atoms with Gasteiger partial charge in [0.25, 0.3) is 0 Å². The molecule has 0 radical (unpaired) electrons. The number of rotatable bonds is 7. The lowest BCUT2D eigenvalue weighted by molar-refractivity contribution is 0.585. The summed E-state index contributed by atoms with van der Waals surface area (Å²) in [7, 11) is -3.44. The van der Waals surface area contributed by atoms with Gasteiger partial charge in [-0.25, -0.2) is 18.1 Å². The van der Waals surface area contributed by atoms with Crippen molar-refractivity contribution >= 4 is 33.1 Å². The highest BCUT2D eigenvalue weighted by Gasteiger charge is 2.16. The molecule has 0 spiro atoms. The quantitative estimate of drug-likeness (QED) is 0.715. The monoisotopic (exact) mass is 381 g/mol. The first-order chi connectivity index (χ1) is 11.9. The van der Waals surface area contributed by atoms with Crippen LogP contribution in [-0.2, 0) is 10.0 Å². The van der Waals surface area contributed by atoms with E-state index in [0.717, 1.165) is 29.5 Å². The van der Waals surface area contributed by atoms with Gasteiger partial charge in [0, 0.05) is 42.8 Å². The highest BCUT2D eigenvalue weighted by atomic mass is 32.2. The van der Waals surface area contributed by atoms with Crippen molar-refractivity contribution in [3.05, 3.63) is 28.8 Å².